The van der Waals surface area contributed by atoms with Gasteiger partial charge in [-0.25, -0.2) is 4.57 Å². The van der Waals surface area contributed by atoms with Crippen molar-refractivity contribution in [2.45, 2.75) is 207 Å². The zero-order valence-electron chi connectivity index (χ0n) is 34.7. The SMILES string of the molecule is CCCCCCCC/C=C/CCCCCCCC(=O)OCC(COP(=O)(O)OCCNC(C)=O)OC(=O)CCCCCCC/C=C/CCCCCCCC. The van der Waals surface area contributed by atoms with Crippen LogP contribution in [0.1, 0.15) is 201 Å². The normalized spacial score (nSPS) is 13.3. The number of amides is 1. The number of phosphoric acid groups is 1. The van der Waals surface area contributed by atoms with E-state index in [0.29, 0.717) is 12.8 Å². The van der Waals surface area contributed by atoms with Gasteiger partial charge in [-0.3, -0.25) is 23.4 Å². The van der Waals surface area contributed by atoms with Gasteiger partial charge in [0, 0.05) is 26.3 Å². The van der Waals surface area contributed by atoms with Crippen LogP contribution >= 0.6 is 7.82 Å². The number of nitrogens with one attached hydrogen (secondary N) is 1. The van der Waals surface area contributed by atoms with Gasteiger partial charge in [0.25, 0.3) is 0 Å². The van der Waals surface area contributed by atoms with Gasteiger partial charge >= 0.3 is 19.8 Å². The fraction of sp³-hybridized carbons (Fsp3) is 0.837. The number of unbranched alkanes of at least 4 members (excludes halogenated alkanes) is 22. The van der Waals surface area contributed by atoms with Gasteiger partial charge in [0.1, 0.15) is 6.61 Å². The highest BCUT2D eigenvalue weighted by atomic mass is 31.2. The first-order valence-electron chi connectivity index (χ1n) is 21.7. The summed E-state index contributed by atoms with van der Waals surface area (Å²) in [5.74, 6) is -1.19. The Morgan fingerprint density at radius 1 is 0.574 bits per heavy atom. The number of hydrogen-bond acceptors (Lipinski definition) is 8. The molecule has 0 aromatic carbocycles. The molecule has 10 nitrogen and oxygen atoms in total. The Morgan fingerprint density at radius 3 is 1.43 bits per heavy atom. The Bertz CT molecular complexity index is 1000. The summed E-state index contributed by atoms with van der Waals surface area (Å²) in [6, 6.07) is 0. The highest BCUT2D eigenvalue weighted by Crippen LogP contribution is 2.43. The molecule has 0 radical (unpaired) electrons. The summed E-state index contributed by atoms with van der Waals surface area (Å²) in [6.45, 7) is 4.84. The number of rotatable bonds is 40. The molecule has 11 heteroatoms. The second-order valence-corrected chi connectivity index (χ2v) is 16.0. The highest BCUT2D eigenvalue weighted by Gasteiger charge is 2.26. The van der Waals surface area contributed by atoms with Gasteiger partial charge in [0.2, 0.25) is 5.91 Å². The number of carbonyl (C=O) groups is 3. The van der Waals surface area contributed by atoms with E-state index in [0.717, 1.165) is 64.2 Å². The van der Waals surface area contributed by atoms with E-state index in [1.165, 1.54) is 96.8 Å². The molecular formula is C43H80NO9P. The largest absolute Gasteiger partial charge is 0.472 e. The molecular weight excluding hydrogens is 705 g/mol. The molecule has 0 aromatic rings. The van der Waals surface area contributed by atoms with Crippen molar-refractivity contribution in [3.8, 4) is 0 Å². The summed E-state index contributed by atoms with van der Waals surface area (Å²) >= 11 is 0. The third-order valence-corrected chi connectivity index (χ3v) is 10.2. The Labute approximate surface area is 330 Å². The second-order valence-electron chi connectivity index (χ2n) is 14.5. The molecule has 1 amide bonds. The quantitative estimate of drug-likeness (QED) is 0.0269. The van der Waals surface area contributed by atoms with Gasteiger partial charge in [0.05, 0.1) is 13.2 Å². The predicted octanol–water partition coefficient (Wildman–Crippen LogP) is 11.8. The molecule has 0 aromatic heterocycles. The number of esters is 2. The van der Waals surface area contributed by atoms with Crippen molar-refractivity contribution in [1.82, 2.24) is 5.32 Å². The molecule has 316 valence electrons. The zero-order valence-corrected chi connectivity index (χ0v) is 35.6. The maximum atomic E-state index is 12.6. The Kier molecular flexibility index (Phi) is 37.8. The minimum absolute atomic E-state index is 0.0333. The summed E-state index contributed by atoms with van der Waals surface area (Å²) in [6.07, 6.45) is 38.8. The van der Waals surface area contributed by atoms with Crippen molar-refractivity contribution >= 4 is 25.7 Å². The summed E-state index contributed by atoms with van der Waals surface area (Å²) in [5, 5.41) is 2.46. The number of carbonyl (C=O) groups excluding carboxylic acids is 3. The lowest BCUT2D eigenvalue weighted by Crippen LogP contribution is -2.30. The third kappa shape index (κ3) is 39.7. The van der Waals surface area contributed by atoms with Crippen molar-refractivity contribution in [1.29, 1.82) is 0 Å². The molecule has 0 aliphatic heterocycles. The fourth-order valence-electron chi connectivity index (χ4n) is 5.90. The van der Waals surface area contributed by atoms with Crippen molar-refractivity contribution in [3.63, 3.8) is 0 Å². The van der Waals surface area contributed by atoms with Crippen LogP contribution in [0, 0.1) is 0 Å². The number of allylic oxidation sites excluding steroid dienone is 4. The van der Waals surface area contributed by atoms with Gasteiger partial charge < -0.3 is 19.7 Å². The molecule has 0 saturated carbocycles. The standard InChI is InChI=1S/C43H80NO9P/c1-4-6-8-10-12-14-16-18-20-22-24-26-28-30-32-34-42(46)50-38-41(39-52-54(48,49)51-37-36-44-40(3)45)53-43(47)35-33-31-29-27-25-23-21-19-17-15-13-11-9-7-5-2/h18-21,41H,4-17,22-39H2,1-3H3,(H,44,45)(H,48,49)/b20-18+,21-19+. The van der Waals surface area contributed by atoms with Crippen LogP contribution in [0.15, 0.2) is 24.3 Å². The molecule has 2 atom stereocenters. The number of hydrogen-bond donors (Lipinski definition) is 2. The fourth-order valence-corrected chi connectivity index (χ4v) is 6.65. The van der Waals surface area contributed by atoms with Gasteiger partial charge in [0.15, 0.2) is 6.10 Å². The van der Waals surface area contributed by atoms with E-state index >= 15 is 0 Å². The van der Waals surface area contributed by atoms with Crippen molar-refractivity contribution < 1.29 is 42.4 Å². The maximum Gasteiger partial charge on any atom is 0.472 e. The van der Waals surface area contributed by atoms with E-state index in [1.54, 1.807) is 0 Å². The molecule has 0 saturated heterocycles. The second kappa shape index (κ2) is 39.2. The van der Waals surface area contributed by atoms with Gasteiger partial charge in [-0.15, -0.1) is 0 Å². The molecule has 0 aliphatic carbocycles. The molecule has 0 aliphatic rings. The van der Waals surface area contributed by atoms with Crippen LogP contribution in [-0.2, 0) is 37.5 Å². The lowest BCUT2D eigenvalue weighted by molar-refractivity contribution is -0.161. The van der Waals surface area contributed by atoms with Crippen LogP contribution in [0.5, 0.6) is 0 Å². The number of phosphoric ester groups is 1. The first-order valence-corrected chi connectivity index (χ1v) is 23.2. The Morgan fingerprint density at radius 2 is 0.981 bits per heavy atom. The lowest BCUT2D eigenvalue weighted by Gasteiger charge is -2.20. The average molecular weight is 786 g/mol. The van der Waals surface area contributed by atoms with E-state index < -0.39 is 32.5 Å². The first kappa shape index (κ1) is 52.0. The van der Waals surface area contributed by atoms with Crippen LogP contribution < -0.4 is 5.32 Å². The molecule has 0 rings (SSSR count). The van der Waals surface area contributed by atoms with Crippen LogP contribution in [0.4, 0.5) is 0 Å². The van der Waals surface area contributed by atoms with Crippen molar-refractivity contribution in [2.24, 2.45) is 0 Å². The van der Waals surface area contributed by atoms with Crippen LogP contribution in [-0.4, -0.2) is 55.2 Å². The highest BCUT2D eigenvalue weighted by molar-refractivity contribution is 7.47. The minimum Gasteiger partial charge on any atom is -0.462 e. The molecule has 0 bridgehead atoms. The number of ether oxygens (including phenoxy) is 2. The minimum atomic E-state index is -4.49. The average Bonchev–Trinajstić information content (AvgIpc) is 3.14. The molecule has 2 N–H and O–H groups in total. The predicted molar refractivity (Wildman–Crippen MR) is 220 cm³/mol. The maximum absolute atomic E-state index is 12.6. The van der Waals surface area contributed by atoms with Crippen LogP contribution in [0.25, 0.3) is 0 Å². The van der Waals surface area contributed by atoms with E-state index in [-0.39, 0.29) is 38.5 Å². The van der Waals surface area contributed by atoms with Gasteiger partial charge in [-0.2, -0.15) is 0 Å². The van der Waals surface area contributed by atoms with E-state index in [1.807, 2.05) is 0 Å². The van der Waals surface area contributed by atoms with E-state index in [2.05, 4.69) is 43.5 Å². The monoisotopic (exact) mass is 786 g/mol. The van der Waals surface area contributed by atoms with Crippen LogP contribution in [0.2, 0.25) is 0 Å². The molecule has 0 spiro atoms. The van der Waals surface area contributed by atoms with Gasteiger partial charge in [-0.1, -0.05) is 141 Å². The Balaban J connectivity index is 4.36. The summed E-state index contributed by atoms with van der Waals surface area (Å²) in [7, 11) is -4.49. The zero-order chi connectivity index (χ0) is 39.8. The van der Waals surface area contributed by atoms with E-state index in [4.69, 9.17) is 18.5 Å². The van der Waals surface area contributed by atoms with E-state index in [9.17, 15) is 23.8 Å². The smallest absolute Gasteiger partial charge is 0.462 e. The summed E-state index contributed by atoms with van der Waals surface area (Å²) in [4.78, 5) is 46.1. The Hall–Kier alpha value is -2.00. The third-order valence-electron chi connectivity index (χ3n) is 9.17. The molecule has 0 heterocycles. The lowest BCUT2D eigenvalue weighted by atomic mass is 10.1. The molecule has 2 unspecified atom stereocenters. The van der Waals surface area contributed by atoms with Gasteiger partial charge in [-0.05, 0) is 64.2 Å². The molecule has 0 fully saturated rings. The first-order chi connectivity index (χ1) is 26.2. The van der Waals surface area contributed by atoms with Crippen molar-refractivity contribution in [3.05, 3.63) is 24.3 Å². The van der Waals surface area contributed by atoms with Crippen molar-refractivity contribution in [2.75, 3.05) is 26.4 Å². The summed E-state index contributed by atoms with van der Waals surface area (Å²) < 4.78 is 33.1. The summed E-state index contributed by atoms with van der Waals surface area (Å²) in [5.41, 5.74) is 0. The van der Waals surface area contributed by atoms with Crippen LogP contribution in [0.3, 0.4) is 0 Å². The molecule has 54 heavy (non-hydrogen) atoms. The topological polar surface area (TPSA) is 137 Å².